The number of ether oxygens (including phenoxy) is 1. The normalized spacial score (nSPS) is 24.1. The van der Waals surface area contributed by atoms with E-state index in [0.29, 0.717) is 13.0 Å². The van der Waals surface area contributed by atoms with Crippen molar-refractivity contribution in [3.05, 3.63) is 137 Å². The van der Waals surface area contributed by atoms with Gasteiger partial charge in [0.2, 0.25) is 0 Å². The van der Waals surface area contributed by atoms with Gasteiger partial charge in [-0.2, -0.15) is 0 Å². The second kappa shape index (κ2) is 12.4. The van der Waals surface area contributed by atoms with E-state index in [4.69, 9.17) is 4.74 Å². The van der Waals surface area contributed by atoms with Crippen molar-refractivity contribution in [2.24, 2.45) is 0 Å². The molecule has 1 amide bonds. The minimum absolute atomic E-state index is 0.0157. The zero-order chi connectivity index (χ0) is 28.2. The van der Waals surface area contributed by atoms with Crippen molar-refractivity contribution in [2.45, 2.75) is 43.4 Å². The molecule has 2 heterocycles. The van der Waals surface area contributed by atoms with Crippen LogP contribution in [0.4, 0.5) is 0 Å². The molecule has 5 heteroatoms. The van der Waals surface area contributed by atoms with Gasteiger partial charge in [0, 0.05) is 0 Å². The average molecular weight is 650 g/mol. The third kappa shape index (κ3) is 5.41. The molecule has 41 heavy (non-hydrogen) atoms. The Morgan fingerprint density at radius 2 is 1.27 bits per heavy atom. The fourth-order valence-electron chi connectivity index (χ4n) is 6.91. The molecule has 0 saturated carbocycles. The number of nitrogens with zero attached hydrogens (tertiary/aromatic N) is 1. The van der Waals surface area contributed by atoms with Crippen LogP contribution >= 0.6 is 0 Å². The second-order valence-corrected chi connectivity index (χ2v) is 21.6. The first-order valence-corrected chi connectivity index (χ1v) is 20.5. The fraction of sp³-hybridized carbons (Fsp3) is 0.250. The molecule has 2 aliphatic heterocycles. The van der Waals surface area contributed by atoms with E-state index in [1.54, 1.807) is 7.11 Å². The van der Waals surface area contributed by atoms with E-state index in [2.05, 4.69) is 119 Å². The maximum absolute atomic E-state index is 13.0. The summed E-state index contributed by atoms with van der Waals surface area (Å²) >= 11 is -3.70. The van der Waals surface area contributed by atoms with Crippen LogP contribution in [0.5, 0.6) is 0 Å². The molecule has 4 nitrogen and oxygen atoms in total. The van der Waals surface area contributed by atoms with Gasteiger partial charge in [-0.25, -0.2) is 0 Å². The van der Waals surface area contributed by atoms with E-state index in [1.165, 1.54) is 21.9 Å². The number of β-lactam (4-membered cyclic amide) rings is 1. The second-order valence-electron chi connectivity index (χ2n) is 11.3. The molecule has 1 N–H and O–H groups in total. The van der Waals surface area contributed by atoms with Gasteiger partial charge in [-0.15, -0.1) is 0 Å². The van der Waals surface area contributed by atoms with Crippen LogP contribution in [0.2, 0.25) is 0 Å². The molecule has 208 valence electrons. The first-order valence-electron chi connectivity index (χ1n) is 14.6. The third-order valence-electron chi connectivity index (χ3n) is 8.93. The summed E-state index contributed by atoms with van der Waals surface area (Å²) in [6, 6.07) is 43.3. The van der Waals surface area contributed by atoms with Gasteiger partial charge in [0.15, 0.2) is 0 Å². The van der Waals surface area contributed by atoms with E-state index in [9.17, 15) is 9.90 Å². The van der Waals surface area contributed by atoms with Crippen LogP contribution in [0.1, 0.15) is 30.7 Å². The standard InChI is InChI=1S/C18H22NO3.3C6H5.Sn/c1-12-8-9-19-16(17(22-2)18(19)21)15(20)11-14(10-12)13-6-4-3-5-7-13;3*1-2-4-6-5-3-1;/h1,3-7,14-17,20H,8-11H2,2H3;3*1-5H;/t14-,15+,16-,17+;;;;/m0..../s1. The number of carbonyl (C=O) groups is 1. The van der Waals surface area contributed by atoms with Crippen molar-refractivity contribution >= 4 is 35.0 Å². The van der Waals surface area contributed by atoms with Crippen molar-refractivity contribution < 1.29 is 14.6 Å². The summed E-state index contributed by atoms with van der Waals surface area (Å²) in [5.41, 5.74) is 2.60. The van der Waals surface area contributed by atoms with Crippen molar-refractivity contribution in [2.75, 3.05) is 13.7 Å². The Hall–Kier alpha value is -3.19. The van der Waals surface area contributed by atoms with E-state index in [1.807, 2.05) is 11.0 Å². The van der Waals surface area contributed by atoms with Gasteiger partial charge >= 0.3 is 248 Å². The Balaban J connectivity index is 1.53. The quantitative estimate of drug-likeness (QED) is 0.252. The van der Waals surface area contributed by atoms with Crippen LogP contribution < -0.4 is 10.7 Å². The molecule has 4 aromatic rings. The van der Waals surface area contributed by atoms with Crippen LogP contribution in [0.15, 0.2) is 131 Å². The topological polar surface area (TPSA) is 49.8 Å². The number of aliphatic hydroxyl groups excluding tert-OH is 1. The molecule has 6 rings (SSSR count). The van der Waals surface area contributed by atoms with E-state index in [0.717, 1.165) is 12.8 Å². The predicted molar refractivity (Wildman–Crippen MR) is 167 cm³/mol. The molecule has 4 aromatic carbocycles. The van der Waals surface area contributed by atoms with Gasteiger partial charge in [0.25, 0.3) is 0 Å². The number of aliphatic hydroxyl groups is 1. The molecule has 2 fully saturated rings. The number of amides is 1. The Kier molecular flexibility index (Phi) is 8.42. The maximum atomic E-state index is 13.0. The summed E-state index contributed by atoms with van der Waals surface area (Å²) in [6.07, 6.45) is 0.995. The Labute approximate surface area is 247 Å². The number of hydrogen-bond donors (Lipinski definition) is 1. The number of methoxy groups -OCH3 is 1. The Morgan fingerprint density at radius 3 is 1.76 bits per heavy atom. The molecular weight excluding hydrogens is 613 g/mol. The van der Waals surface area contributed by atoms with Gasteiger partial charge in [-0.3, -0.25) is 0 Å². The SMILES string of the molecule is CO[C@H]1C(=O)N2CC/C(=[CH]\[Sn]([c]3ccccc3)([c]3ccccc3)[c]3ccccc3)C[C@H](c3ccccc3)C[C@@H](O)[C@@H]12. The summed E-state index contributed by atoms with van der Waals surface area (Å²) in [7, 11) is 1.57. The van der Waals surface area contributed by atoms with Gasteiger partial charge in [0.05, 0.1) is 0 Å². The predicted octanol–water partition coefficient (Wildman–Crippen LogP) is 4.18. The molecule has 0 aromatic heterocycles. The number of rotatable bonds is 6. The summed E-state index contributed by atoms with van der Waals surface area (Å²) in [5, 5.41) is 11.5. The summed E-state index contributed by atoms with van der Waals surface area (Å²) < 4.78 is 12.4. The summed E-state index contributed by atoms with van der Waals surface area (Å²) in [6.45, 7) is 0.591. The fourth-order valence-corrected chi connectivity index (χ4v) is 19.8. The van der Waals surface area contributed by atoms with Crippen molar-refractivity contribution in [3.63, 3.8) is 0 Å². The number of carbonyl (C=O) groups excluding carboxylic acids is 1. The first-order chi connectivity index (χ1) is 20.1. The molecule has 0 spiro atoms. The molecule has 0 unspecified atom stereocenters. The summed E-state index contributed by atoms with van der Waals surface area (Å²) in [5.74, 6) is 0.120. The molecule has 0 radical (unpaired) electrons. The third-order valence-corrected chi connectivity index (χ3v) is 22.0. The minimum atomic E-state index is -3.70. The average Bonchev–Trinajstić information content (AvgIpc) is 3.09. The molecule has 0 aliphatic carbocycles. The number of hydrogen-bond acceptors (Lipinski definition) is 3. The van der Waals surface area contributed by atoms with Crippen LogP contribution in [-0.2, 0) is 9.53 Å². The van der Waals surface area contributed by atoms with Crippen molar-refractivity contribution in [1.29, 1.82) is 0 Å². The van der Waals surface area contributed by atoms with Gasteiger partial charge in [-0.1, -0.05) is 0 Å². The van der Waals surface area contributed by atoms with Gasteiger partial charge in [0.1, 0.15) is 0 Å². The molecule has 4 atom stereocenters. The zero-order valence-electron chi connectivity index (χ0n) is 23.5. The van der Waals surface area contributed by atoms with Crippen LogP contribution in [0.25, 0.3) is 0 Å². The van der Waals surface area contributed by atoms with Gasteiger partial charge in [-0.05, 0) is 0 Å². The number of benzene rings is 4. The first kappa shape index (κ1) is 28.0. The number of fused-ring (bicyclic) bond motifs is 1. The summed E-state index contributed by atoms with van der Waals surface area (Å²) in [4.78, 5) is 14.9. The zero-order valence-corrected chi connectivity index (χ0v) is 26.3. The molecule has 2 aliphatic rings. The van der Waals surface area contributed by atoms with Crippen LogP contribution in [-0.4, -0.2) is 66.2 Å². The molecule has 2 saturated heterocycles. The van der Waals surface area contributed by atoms with E-state index >= 15 is 0 Å². The van der Waals surface area contributed by atoms with Crippen molar-refractivity contribution in [1.82, 2.24) is 4.90 Å². The monoisotopic (exact) mass is 651 g/mol. The van der Waals surface area contributed by atoms with Crippen molar-refractivity contribution in [3.8, 4) is 0 Å². The van der Waals surface area contributed by atoms with Gasteiger partial charge < -0.3 is 0 Å². The van der Waals surface area contributed by atoms with Crippen LogP contribution in [0, 0.1) is 0 Å². The van der Waals surface area contributed by atoms with Crippen LogP contribution in [0.3, 0.4) is 0 Å². The van der Waals surface area contributed by atoms with E-state index < -0.39 is 30.6 Å². The van der Waals surface area contributed by atoms with E-state index in [-0.39, 0.29) is 17.9 Å². The molecule has 0 bridgehead atoms. The molecular formula is C36H37NO3Sn. The Bertz CT molecular complexity index is 1380. The Morgan fingerprint density at radius 1 is 0.780 bits per heavy atom.